The lowest BCUT2D eigenvalue weighted by Crippen LogP contribution is -2.40. The molecule has 6 aromatic carbocycles. The third-order valence-corrected chi connectivity index (χ3v) is 17.2. The second-order valence-electron chi connectivity index (χ2n) is 21.6. The number of benzene rings is 6. The molecule has 4 N–H and O–H groups in total. The maximum Gasteiger partial charge on any atom is 0.242 e. The van der Waals surface area contributed by atoms with E-state index in [1.165, 1.54) is 24.2 Å². The molecule has 0 aliphatic carbocycles. The van der Waals surface area contributed by atoms with E-state index in [9.17, 15) is 16.8 Å². The van der Waals surface area contributed by atoms with Crippen LogP contribution in [-0.2, 0) is 20.0 Å². The number of fused-ring (bicyclic) bond motifs is 2. The van der Waals surface area contributed by atoms with E-state index < -0.39 is 31.1 Å². The lowest BCUT2D eigenvalue weighted by Gasteiger charge is -2.22. The number of nitrogens with zero attached hydrogens (tertiary/aromatic N) is 4. The van der Waals surface area contributed by atoms with Crippen LogP contribution in [0.2, 0.25) is 0 Å². The van der Waals surface area contributed by atoms with Gasteiger partial charge in [0.1, 0.15) is 26.5 Å². The van der Waals surface area contributed by atoms with Crippen molar-refractivity contribution in [2.24, 2.45) is 0 Å². The summed E-state index contributed by atoms with van der Waals surface area (Å²) in [6.07, 6.45) is 9.93. The molecule has 0 bridgehead atoms. The van der Waals surface area contributed by atoms with E-state index in [-0.39, 0.29) is 21.9 Å². The maximum atomic E-state index is 13.2. The Kier molecular flexibility index (Phi) is 17.0. The number of sulfonamides is 2. The molecular weight excluding hydrogens is 1050 g/mol. The molecule has 0 spiro atoms. The number of pyridine rings is 4. The van der Waals surface area contributed by atoms with Crippen LogP contribution in [0.4, 0.5) is 11.6 Å². The van der Waals surface area contributed by atoms with E-state index in [2.05, 4.69) is 111 Å². The van der Waals surface area contributed by atoms with Gasteiger partial charge in [-0.2, -0.15) is 0 Å². The van der Waals surface area contributed by atoms with Gasteiger partial charge in [0.2, 0.25) is 20.0 Å². The molecule has 15 heteroatoms. The first kappa shape index (κ1) is 56.9. The van der Waals surface area contributed by atoms with Gasteiger partial charge in [0.05, 0.1) is 0 Å². The number of aromatic nitrogens is 4. The van der Waals surface area contributed by atoms with Crippen LogP contribution in [0.25, 0.3) is 66.1 Å². The summed E-state index contributed by atoms with van der Waals surface area (Å²) in [5.41, 5.74) is 8.32. The van der Waals surface area contributed by atoms with E-state index >= 15 is 0 Å². The number of hydrogen-bond acceptors (Lipinski definition) is 11. The summed E-state index contributed by atoms with van der Waals surface area (Å²) in [5.74, 6) is 1.53. The smallest absolute Gasteiger partial charge is 0.242 e. The molecule has 12 nitrogen and oxygen atoms in total. The molecule has 0 aliphatic rings. The second-order valence-corrected chi connectivity index (χ2v) is 25.8. The standard InChI is InChI=1S/C33H34N4O2S2.C32H32N4O2S/c1-22(23-13-8-6-9-14-23)35-31-30-27(24-15-10-7-11-16-24)17-12-18-28(30)29(32(36-31)40-5)25-19-26(21-34-20-25)41(38,39)37-33(2,3)4;1-22(23-12-7-5-8-13-23)35-31-30-27(24-14-9-6-10-15-24)16-11-17-28(30)29(21-34-31)25-18-26(20-33-19-25)39(37,38)36-32(2,3)4/h6-22,37H,1-5H3,(H,35,36);5-22,36H,1-4H3,(H,34,35). The summed E-state index contributed by atoms with van der Waals surface area (Å²) >= 11 is 1.52. The highest BCUT2D eigenvalue weighted by Gasteiger charge is 2.27. The minimum Gasteiger partial charge on any atom is -0.363 e. The van der Waals surface area contributed by atoms with Crippen LogP contribution in [0, 0.1) is 0 Å². The van der Waals surface area contributed by atoms with Crippen LogP contribution in [0.1, 0.15) is 78.6 Å². The van der Waals surface area contributed by atoms with Gasteiger partial charge < -0.3 is 10.6 Å². The van der Waals surface area contributed by atoms with Crippen molar-refractivity contribution in [2.75, 3.05) is 16.9 Å². The number of nitrogens with one attached hydrogen (secondary N) is 4. The Morgan fingerprint density at radius 2 is 0.875 bits per heavy atom. The average Bonchev–Trinajstić information content (AvgIpc) is 3.63. The summed E-state index contributed by atoms with van der Waals surface area (Å²) in [6, 6.07) is 56.7. The largest absolute Gasteiger partial charge is 0.363 e. The summed E-state index contributed by atoms with van der Waals surface area (Å²) in [7, 11) is -7.53. The van der Waals surface area contributed by atoms with Crippen molar-refractivity contribution in [2.45, 2.75) is 93.4 Å². The summed E-state index contributed by atoms with van der Waals surface area (Å²) < 4.78 is 58.0. The van der Waals surface area contributed by atoms with E-state index in [0.717, 1.165) is 82.7 Å². The summed E-state index contributed by atoms with van der Waals surface area (Å²) in [4.78, 5) is 18.9. The third kappa shape index (κ3) is 13.3. The number of anilines is 2. The minimum absolute atomic E-state index is 0.00916. The van der Waals surface area contributed by atoms with Crippen LogP contribution < -0.4 is 20.1 Å². The molecule has 408 valence electrons. The third-order valence-electron chi connectivity index (χ3n) is 13.1. The van der Waals surface area contributed by atoms with Crippen molar-refractivity contribution in [3.63, 3.8) is 0 Å². The molecule has 4 aromatic heterocycles. The van der Waals surface area contributed by atoms with Crippen LogP contribution in [0.3, 0.4) is 0 Å². The van der Waals surface area contributed by atoms with Gasteiger partial charge in [-0.15, -0.1) is 11.8 Å². The van der Waals surface area contributed by atoms with Crippen molar-refractivity contribution >= 4 is 65.0 Å². The SMILES string of the molecule is CC(Nc1ncc(-c2cncc(S(=O)(=O)NC(C)(C)C)c2)c2cccc(-c3ccccc3)c12)c1ccccc1.CSc1nc(NC(C)c2ccccc2)c2c(-c3ccccc3)cccc2c1-c1cncc(S(=O)(=O)NC(C)(C)C)c1. The van der Waals surface area contributed by atoms with Gasteiger partial charge in [0.15, 0.2) is 0 Å². The first-order valence-corrected chi connectivity index (χ1v) is 30.5. The lowest BCUT2D eigenvalue weighted by atomic mass is 9.94. The summed E-state index contributed by atoms with van der Waals surface area (Å²) in [6.45, 7) is 15.1. The van der Waals surface area contributed by atoms with Crippen LogP contribution >= 0.6 is 11.8 Å². The van der Waals surface area contributed by atoms with Gasteiger partial charge in [-0.1, -0.05) is 158 Å². The van der Waals surface area contributed by atoms with Gasteiger partial charge in [-0.25, -0.2) is 36.2 Å². The highest BCUT2D eigenvalue weighted by atomic mass is 32.2. The average molecular weight is 1120 g/mol. The fourth-order valence-electron chi connectivity index (χ4n) is 9.63. The highest BCUT2D eigenvalue weighted by molar-refractivity contribution is 7.98. The molecule has 0 saturated carbocycles. The molecular formula is C65H66N8O4S3. The molecule has 0 aliphatic heterocycles. The predicted octanol–water partition coefficient (Wildman–Crippen LogP) is 15.1. The second kappa shape index (κ2) is 23.9. The monoisotopic (exact) mass is 1120 g/mol. The first-order chi connectivity index (χ1) is 38.2. The molecule has 0 radical (unpaired) electrons. The van der Waals surface area contributed by atoms with Crippen LogP contribution in [0.15, 0.2) is 216 Å². The van der Waals surface area contributed by atoms with Crippen molar-refractivity contribution < 1.29 is 16.8 Å². The van der Waals surface area contributed by atoms with Gasteiger partial charge >= 0.3 is 0 Å². The molecule has 2 atom stereocenters. The number of rotatable bonds is 15. The molecule has 10 rings (SSSR count). The van der Waals surface area contributed by atoms with Crippen molar-refractivity contribution in [1.29, 1.82) is 0 Å². The molecule has 0 saturated heterocycles. The van der Waals surface area contributed by atoms with Crippen LogP contribution in [-0.4, -0.2) is 54.1 Å². The zero-order chi connectivity index (χ0) is 56.8. The first-order valence-electron chi connectivity index (χ1n) is 26.3. The highest BCUT2D eigenvalue weighted by Crippen LogP contribution is 2.44. The fourth-order valence-corrected chi connectivity index (χ4v) is 13.1. The molecule has 0 fully saturated rings. The van der Waals surface area contributed by atoms with Crippen LogP contribution in [0.5, 0.6) is 0 Å². The normalized spacial score (nSPS) is 12.8. The lowest BCUT2D eigenvalue weighted by molar-refractivity contribution is 0.489. The van der Waals surface area contributed by atoms with E-state index in [1.807, 2.05) is 139 Å². The predicted molar refractivity (Wildman–Crippen MR) is 330 cm³/mol. The zero-order valence-electron chi connectivity index (χ0n) is 46.4. The van der Waals surface area contributed by atoms with E-state index in [1.54, 1.807) is 30.7 Å². The Hall–Kier alpha value is -7.79. The zero-order valence-corrected chi connectivity index (χ0v) is 48.8. The van der Waals surface area contributed by atoms with Gasteiger partial charge in [0.25, 0.3) is 0 Å². The van der Waals surface area contributed by atoms with E-state index in [4.69, 9.17) is 9.97 Å². The molecule has 0 amide bonds. The fraction of sp³-hybridized carbons (Fsp3) is 0.200. The van der Waals surface area contributed by atoms with Gasteiger partial charge in [-0.05, 0) is 118 Å². The molecule has 10 aromatic rings. The van der Waals surface area contributed by atoms with E-state index in [0.29, 0.717) is 11.1 Å². The van der Waals surface area contributed by atoms with Crippen molar-refractivity contribution in [3.05, 3.63) is 212 Å². The molecule has 80 heavy (non-hydrogen) atoms. The Balaban J connectivity index is 0.000000194. The Labute approximate surface area is 475 Å². The minimum atomic E-state index is -3.78. The van der Waals surface area contributed by atoms with Crippen molar-refractivity contribution in [1.82, 2.24) is 29.4 Å². The molecule has 2 unspecified atom stereocenters. The van der Waals surface area contributed by atoms with Crippen molar-refractivity contribution in [3.8, 4) is 44.5 Å². The Morgan fingerprint density at radius 1 is 0.450 bits per heavy atom. The Morgan fingerprint density at radius 3 is 1.35 bits per heavy atom. The quantitative estimate of drug-likeness (QED) is 0.0721. The maximum absolute atomic E-state index is 13.2. The number of hydrogen-bond donors (Lipinski definition) is 4. The van der Waals surface area contributed by atoms with Gasteiger partial charge in [-0.3, -0.25) is 9.97 Å². The van der Waals surface area contributed by atoms with Gasteiger partial charge in [0, 0.05) is 87.2 Å². The number of thioether (sulfide) groups is 1. The molecule has 4 heterocycles. The Bertz CT molecular complexity index is 4030. The summed E-state index contributed by atoms with van der Waals surface area (Å²) in [5, 5.41) is 11.9. The topological polar surface area (TPSA) is 168 Å².